The van der Waals surface area contributed by atoms with Gasteiger partial charge in [0, 0.05) is 0 Å². The van der Waals surface area contributed by atoms with Crippen molar-refractivity contribution in [1.82, 2.24) is 15.2 Å². The van der Waals surface area contributed by atoms with Crippen molar-refractivity contribution < 1.29 is 14.3 Å². The van der Waals surface area contributed by atoms with Crippen molar-refractivity contribution in [3.05, 3.63) is 28.7 Å². The summed E-state index contributed by atoms with van der Waals surface area (Å²) < 4.78 is 13.5. The molecular weight excluding hydrogens is 265 g/mol. The molecule has 0 aromatic carbocycles. The third kappa shape index (κ3) is 2.77. The zero-order valence-corrected chi connectivity index (χ0v) is 10.2. The number of halogens is 1. The van der Waals surface area contributed by atoms with Crippen LogP contribution in [0, 0.1) is 12.7 Å². The van der Waals surface area contributed by atoms with Gasteiger partial charge in [-0.2, -0.15) is 0 Å². The van der Waals surface area contributed by atoms with E-state index in [-0.39, 0.29) is 10.6 Å². The first-order valence-corrected chi connectivity index (χ1v) is 6.06. The Morgan fingerprint density at radius 2 is 2.29 bits per heavy atom. The zero-order chi connectivity index (χ0) is 12.4. The summed E-state index contributed by atoms with van der Waals surface area (Å²) in [7, 11) is 0. The van der Waals surface area contributed by atoms with E-state index in [0.29, 0.717) is 4.34 Å². The molecule has 0 fully saturated rings. The molecule has 2 rings (SSSR count). The number of aromatic nitrogens is 3. The molecule has 0 unspecified atom stereocenters. The standard InChI is InChI=1S/C9H6FN3O2S2/c1-4-12-13-9(16-4)17-7-6(8(14)15)2-5(10)3-11-7/h2-3H,1H3,(H,14,15). The zero-order valence-electron chi connectivity index (χ0n) is 8.55. The molecule has 2 aromatic heterocycles. The number of hydrogen-bond donors (Lipinski definition) is 1. The number of carboxylic acid groups (broad SMARTS) is 1. The molecule has 0 amide bonds. The summed E-state index contributed by atoms with van der Waals surface area (Å²) in [5, 5.41) is 17.5. The van der Waals surface area contributed by atoms with Crippen LogP contribution in [0.3, 0.4) is 0 Å². The molecule has 5 nitrogen and oxygen atoms in total. The average Bonchev–Trinajstić information content (AvgIpc) is 2.66. The molecule has 88 valence electrons. The van der Waals surface area contributed by atoms with E-state index < -0.39 is 11.8 Å². The normalized spacial score (nSPS) is 10.5. The predicted octanol–water partition coefficient (Wildman–Crippen LogP) is 2.23. The number of carbonyl (C=O) groups is 1. The molecule has 17 heavy (non-hydrogen) atoms. The maximum Gasteiger partial charge on any atom is 0.338 e. The van der Waals surface area contributed by atoms with Gasteiger partial charge in [0.25, 0.3) is 0 Å². The first kappa shape index (κ1) is 11.9. The van der Waals surface area contributed by atoms with Gasteiger partial charge in [-0.05, 0) is 24.8 Å². The van der Waals surface area contributed by atoms with Gasteiger partial charge in [-0.25, -0.2) is 14.2 Å². The van der Waals surface area contributed by atoms with E-state index in [4.69, 9.17) is 5.11 Å². The summed E-state index contributed by atoms with van der Waals surface area (Å²) in [6, 6.07) is 0.936. The second kappa shape index (κ2) is 4.76. The minimum absolute atomic E-state index is 0.178. The molecule has 0 bridgehead atoms. The van der Waals surface area contributed by atoms with Crippen molar-refractivity contribution >= 4 is 29.1 Å². The van der Waals surface area contributed by atoms with E-state index >= 15 is 0 Å². The quantitative estimate of drug-likeness (QED) is 0.922. The van der Waals surface area contributed by atoms with Crippen LogP contribution in [0.15, 0.2) is 21.6 Å². The molecule has 1 N–H and O–H groups in total. The number of pyridine rings is 1. The minimum atomic E-state index is -1.22. The molecule has 8 heteroatoms. The molecule has 2 aromatic rings. The third-order valence-corrected chi connectivity index (χ3v) is 3.65. The maximum atomic E-state index is 12.9. The van der Waals surface area contributed by atoms with Gasteiger partial charge >= 0.3 is 5.97 Å². The number of nitrogens with zero attached hydrogens (tertiary/aromatic N) is 3. The molecule has 0 saturated heterocycles. The third-order valence-electron chi connectivity index (χ3n) is 1.74. The smallest absolute Gasteiger partial charge is 0.338 e. The molecular formula is C9H6FN3O2S2. The summed E-state index contributed by atoms with van der Waals surface area (Å²) in [6.45, 7) is 1.79. The van der Waals surface area contributed by atoms with Crippen LogP contribution in [0.2, 0.25) is 0 Å². The fraction of sp³-hybridized carbons (Fsp3) is 0.111. The lowest BCUT2D eigenvalue weighted by molar-refractivity contribution is 0.0691. The Hall–Kier alpha value is -1.54. The van der Waals surface area contributed by atoms with Gasteiger partial charge in [0.1, 0.15) is 15.9 Å². The second-order valence-electron chi connectivity index (χ2n) is 3.00. The highest BCUT2D eigenvalue weighted by atomic mass is 32.2. The van der Waals surface area contributed by atoms with Crippen LogP contribution in [-0.4, -0.2) is 26.3 Å². The van der Waals surface area contributed by atoms with E-state index in [1.165, 1.54) is 11.3 Å². The topological polar surface area (TPSA) is 76.0 Å². The van der Waals surface area contributed by atoms with E-state index in [0.717, 1.165) is 29.0 Å². The van der Waals surface area contributed by atoms with Crippen LogP contribution in [0.5, 0.6) is 0 Å². The van der Waals surface area contributed by atoms with Crippen LogP contribution in [0.1, 0.15) is 15.4 Å². The van der Waals surface area contributed by atoms with Gasteiger partial charge in [0.15, 0.2) is 4.34 Å². The molecule has 2 heterocycles. The van der Waals surface area contributed by atoms with Crippen molar-refractivity contribution in [3.8, 4) is 0 Å². The Bertz CT molecular complexity index is 573. The maximum absolute atomic E-state index is 12.9. The number of hydrogen-bond acceptors (Lipinski definition) is 6. The van der Waals surface area contributed by atoms with Gasteiger partial charge in [-0.15, -0.1) is 10.2 Å². The molecule has 0 radical (unpaired) electrons. The monoisotopic (exact) mass is 271 g/mol. The fourth-order valence-electron chi connectivity index (χ4n) is 1.06. The van der Waals surface area contributed by atoms with Crippen LogP contribution in [0.4, 0.5) is 4.39 Å². The van der Waals surface area contributed by atoms with Gasteiger partial charge in [-0.3, -0.25) is 0 Å². The number of carboxylic acids is 1. The highest BCUT2D eigenvalue weighted by Gasteiger charge is 2.15. The lowest BCUT2D eigenvalue weighted by atomic mass is 10.3. The van der Waals surface area contributed by atoms with Crippen LogP contribution in [0.25, 0.3) is 0 Å². The summed E-state index contributed by atoms with van der Waals surface area (Å²) in [5.74, 6) is -1.90. The van der Waals surface area contributed by atoms with Crippen molar-refractivity contribution in [2.24, 2.45) is 0 Å². The number of aromatic carboxylic acids is 1. The number of rotatable bonds is 3. The first-order chi connectivity index (χ1) is 8.06. The predicted molar refractivity (Wildman–Crippen MR) is 59.9 cm³/mol. The SMILES string of the molecule is Cc1nnc(Sc2ncc(F)cc2C(=O)O)s1. The van der Waals surface area contributed by atoms with Crippen LogP contribution in [-0.2, 0) is 0 Å². The second-order valence-corrected chi connectivity index (χ2v) is 5.42. The van der Waals surface area contributed by atoms with Crippen molar-refractivity contribution in [2.45, 2.75) is 16.3 Å². The van der Waals surface area contributed by atoms with E-state index in [2.05, 4.69) is 15.2 Å². The van der Waals surface area contributed by atoms with Crippen molar-refractivity contribution in [2.75, 3.05) is 0 Å². The van der Waals surface area contributed by atoms with E-state index in [1.807, 2.05) is 0 Å². The highest BCUT2D eigenvalue weighted by molar-refractivity contribution is 8.01. The van der Waals surface area contributed by atoms with Gasteiger partial charge < -0.3 is 5.11 Å². The summed E-state index contributed by atoms with van der Waals surface area (Å²) in [5.41, 5.74) is -0.178. The molecule has 0 aliphatic carbocycles. The Morgan fingerprint density at radius 3 is 2.88 bits per heavy atom. The fourth-order valence-corrected chi connectivity index (χ4v) is 2.85. The highest BCUT2D eigenvalue weighted by Crippen LogP contribution is 2.30. The molecule has 0 aliphatic heterocycles. The summed E-state index contributed by atoms with van der Waals surface area (Å²) in [4.78, 5) is 14.7. The van der Waals surface area contributed by atoms with Crippen molar-refractivity contribution in [1.29, 1.82) is 0 Å². The lowest BCUT2D eigenvalue weighted by Gasteiger charge is -2.01. The average molecular weight is 271 g/mol. The Balaban J connectivity index is 2.35. The Morgan fingerprint density at radius 1 is 1.53 bits per heavy atom. The Labute approximate surface area is 104 Å². The van der Waals surface area contributed by atoms with Gasteiger partial charge in [0.05, 0.1) is 11.8 Å². The molecule has 0 atom stereocenters. The first-order valence-electron chi connectivity index (χ1n) is 4.43. The Kier molecular flexibility index (Phi) is 3.34. The van der Waals surface area contributed by atoms with Gasteiger partial charge in [0.2, 0.25) is 0 Å². The van der Waals surface area contributed by atoms with Gasteiger partial charge in [-0.1, -0.05) is 11.3 Å². The largest absolute Gasteiger partial charge is 0.478 e. The minimum Gasteiger partial charge on any atom is -0.478 e. The molecule has 0 aliphatic rings. The van der Waals surface area contributed by atoms with E-state index in [1.54, 1.807) is 6.92 Å². The summed E-state index contributed by atoms with van der Waals surface area (Å²) in [6.07, 6.45) is 0.975. The lowest BCUT2D eigenvalue weighted by Crippen LogP contribution is -2.01. The van der Waals surface area contributed by atoms with Crippen molar-refractivity contribution in [3.63, 3.8) is 0 Å². The summed E-state index contributed by atoms with van der Waals surface area (Å²) >= 11 is 2.38. The van der Waals surface area contributed by atoms with E-state index in [9.17, 15) is 9.18 Å². The number of aryl methyl sites for hydroxylation is 1. The van der Waals surface area contributed by atoms with Crippen LogP contribution >= 0.6 is 23.1 Å². The van der Waals surface area contributed by atoms with Crippen LogP contribution < -0.4 is 0 Å². The molecule has 0 saturated carbocycles. The molecule has 0 spiro atoms.